The van der Waals surface area contributed by atoms with Crippen molar-refractivity contribution in [3.8, 4) is 0 Å². The molecule has 4 N–H and O–H groups in total. The predicted octanol–water partition coefficient (Wildman–Crippen LogP) is 10.2. The van der Waals surface area contributed by atoms with E-state index >= 15 is 0 Å². The summed E-state index contributed by atoms with van der Waals surface area (Å²) in [7, 11) is -0.791. The molecule has 78 heavy (non-hydrogen) atoms. The van der Waals surface area contributed by atoms with Crippen LogP contribution in [0, 0.1) is 34.5 Å². The third-order valence-electron chi connectivity index (χ3n) is 18.4. The van der Waals surface area contributed by atoms with Crippen molar-refractivity contribution in [3.63, 3.8) is 0 Å². The Kier molecular flexibility index (Phi) is 20.1. The van der Waals surface area contributed by atoms with Crippen molar-refractivity contribution in [2.45, 2.75) is 213 Å². The highest BCUT2D eigenvalue weighted by molar-refractivity contribution is 6.48. The summed E-state index contributed by atoms with van der Waals surface area (Å²) >= 11 is 0. The first kappa shape index (κ1) is 63.0. The molecule has 432 valence electrons. The first-order valence-corrected chi connectivity index (χ1v) is 28.3. The highest BCUT2D eigenvalue weighted by Crippen LogP contribution is 2.67. The summed E-state index contributed by atoms with van der Waals surface area (Å²) < 4.78 is 36.8. The molecule has 2 aromatic carbocycles. The second-order valence-electron chi connectivity index (χ2n) is 26.5. The van der Waals surface area contributed by atoms with Gasteiger partial charge in [0.2, 0.25) is 6.08 Å². The monoisotopic (exact) mass is 1100 g/mol. The van der Waals surface area contributed by atoms with Crippen molar-refractivity contribution in [3.05, 3.63) is 71.8 Å². The van der Waals surface area contributed by atoms with Crippen molar-refractivity contribution in [2.75, 3.05) is 26.2 Å². The number of halogens is 1. The smallest absolute Gasteiger partial charge is 0.444 e. The molecule has 4 amide bonds. The normalized spacial score (nSPS) is 31.2. The molecular formula is C59H93B2ClN6O10. The van der Waals surface area contributed by atoms with Crippen LogP contribution in [0.25, 0.3) is 0 Å². The summed E-state index contributed by atoms with van der Waals surface area (Å²) in [5.41, 5.74) is 7.86. The van der Waals surface area contributed by atoms with Gasteiger partial charge in [0.1, 0.15) is 11.2 Å². The minimum Gasteiger partial charge on any atom is -0.444 e. The number of carbonyl (C=O) groups excluding carboxylic acids is 4. The van der Waals surface area contributed by atoms with E-state index in [1.54, 1.807) is 9.80 Å². The highest BCUT2D eigenvalue weighted by atomic mass is 35.5. The molecule has 0 spiro atoms. The lowest BCUT2D eigenvalue weighted by Gasteiger charge is -2.64. The fourth-order valence-electron chi connectivity index (χ4n) is 14.0. The Morgan fingerprint density at radius 1 is 0.718 bits per heavy atom. The maximum Gasteiger partial charge on any atom is 0.482 e. The fourth-order valence-corrected chi connectivity index (χ4v) is 14.0. The van der Waals surface area contributed by atoms with E-state index in [9.17, 15) is 19.2 Å². The van der Waals surface area contributed by atoms with E-state index in [0.29, 0.717) is 55.8 Å². The number of aliphatic imine (C=N–C) groups is 1. The van der Waals surface area contributed by atoms with Crippen LogP contribution in [0.15, 0.2) is 65.7 Å². The summed E-state index contributed by atoms with van der Waals surface area (Å²) in [4.78, 5) is 54.6. The molecule has 0 unspecified atom stereocenters. The van der Waals surface area contributed by atoms with Gasteiger partial charge in [0.15, 0.2) is 0 Å². The Morgan fingerprint density at radius 3 is 1.64 bits per heavy atom. The molecule has 4 saturated heterocycles. The first-order valence-electron chi connectivity index (χ1n) is 28.3. The van der Waals surface area contributed by atoms with Gasteiger partial charge in [-0.3, -0.25) is 0 Å². The maximum absolute atomic E-state index is 13.2. The molecule has 19 heteroatoms. The highest BCUT2D eigenvalue weighted by Gasteiger charge is 2.70. The number of likely N-dealkylation sites (tertiary alicyclic amines) is 2. The number of rotatable bonds is 11. The molecule has 12 rings (SSSR count). The third-order valence-corrected chi connectivity index (χ3v) is 18.4. The number of ether oxygens (including phenoxy) is 2. The van der Waals surface area contributed by atoms with E-state index in [0.717, 1.165) is 56.4 Å². The van der Waals surface area contributed by atoms with Gasteiger partial charge in [-0.15, -0.1) is 12.4 Å². The van der Waals surface area contributed by atoms with Crippen LogP contribution in [-0.4, -0.2) is 133 Å². The molecule has 6 saturated carbocycles. The second kappa shape index (κ2) is 24.9. The zero-order chi connectivity index (χ0) is 55.0. The molecule has 10 aliphatic rings. The number of isocyanates is 1. The molecule has 2 aromatic rings. The zero-order valence-electron chi connectivity index (χ0n) is 48.0. The Balaban J connectivity index is 0.000000208. The fraction of sp³-hybridized carbons (Fsp3) is 0.729. The van der Waals surface area contributed by atoms with Crippen molar-refractivity contribution in [2.24, 2.45) is 45.2 Å². The lowest BCUT2D eigenvalue weighted by Crippen LogP contribution is -2.65. The van der Waals surface area contributed by atoms with E-state index in [1.165, 1.54) is 24.5 Å². The SMILES string of the molecule is C.CC(C)(C)OC(=O)N1CCC[C@H]1CN=C=O.CC(C)(C)OC(=O)N1CCC[C@H]1CNC(=O)N[C@@H](Cc1ccccc1)B1O[C@@H]2C[C@@H]3C[C@@H](C3(C)C)[C@]2(C)O1.CC1(C)[C@@H]2C[C@H]3OB([C@@H](N)Cc4ccccc4)O[C@@]3(C)[C@H]1C2.Cl. The summed E-state index contributed by atoms with van der Waals surface area (Å²) in [5, 5.41) is 6.16. The number of hydrogen-bond acceptors (Lipinski definition) is 12. The average molecular weight is 1100 g/mol. The number of urea groups is 1. The molecule has 4 heterocycles. The first-order chi connectivity index (χ1) is 35.7. The molecule has 0 aromatic heterocycles. The number of nitrogens with one attached hydrogen (secondary N) is 2. The van der Waals surface area contributed by atoms with Gasteiger partial charge in [0, 0.05) is 25.6 Å². The van der Waals surface area contributed by atoms with Crippen LogP contribution in [0.4, 0.5) is 14.4 Å². The van der Waals surface area contributed by atoms with Crippen LogP contribution in [0.2, 0.25) is 0 Å². The molecule has 6 aliphatic carbocycles. The topological polar surface area (TPSA) is 193 Å². The van der Waals surface area contributed by atoms with Crippen molar-refractivity contribution >= 4 is 50.9 Å². The van der Waals surface area contributed by atoms with Gasteiger partial charge in [-0.1, -0.05) is 95.8 Å². The van der Waals surface area contributed by atoms with Gasteiger partial charge >= 0.3 is 32.5 Å². The van der Waals surface area contributed by atoms with Gasteiger partial charge in [0.25, 0.3) is 0 Å². The number of nitrogens with two attached hydrogens (primary N) is 1. The van der Waals surface area contributed by atoms with Crippen LogP contribution < -0.4 is 16.4 Å². The van der Waals surface area contributed by atoms with Crippen LogP contribution in [-0.2, 0) is 45.7 Å². The van der Waals surface area contributed by atoms with Gasteiger partial charge in [-0.2, -0.15) is 0 Å². The minimum atomic E-state index is -0.551. The number of benzene rings is 2. The Hall–Kier alpha value is -4.15. The summed E-state index contributed by atoms with van der Waals surface area (Å²) in [6.07, 6.45) is 10.6. The number of hydrogen-bond donors (Lipinski definition) is 3. The van der Waals surface area contributed by atoms with E-state index in [4.69, 9.17) is 33.8 Å². The molecule has 12 atom stereocenters. The minimum absolute atomic E-state index is 0. The van der Waals surface area contributed by atoms with Crippen LogP contribution in [0.1, 0.15) is 153 Å². The average Bonchev–Trinajstić information content (AvgIpc) is 4.17. The Morgan fingerprint density at radius 2 is 1.17 bits per heavy atom. The molecule has 10 fully saturated rings. The van der Waals surface area contributed by atoms with Gasteiger partial charge < -0.3 is 54.3 Å². The van der Waals surface area contributed by atoms with Crippen molar-refractivity contribution in [1.29, 1.82) is 0 Å². The lowest BCUT2D eigenvalue weighted by molar-refractivity contribution is -0.199. The van der Waals surface area contributed by atoms with Crippen molar-refractivity contribution < 1.29 is 47.3 Å². The quantitative estimate of drug-likeness (QED) is 0.110. The predicted molar refractivity (Wildman–Crippen MR) is 308 cm³/mol. The van der Waals surface area contributed by atoms with Crippen LogP contribution >= 0.6 is 12.4 Å². The van der Waals surface area contributed by atoms with Gasteiger partial charge in [0.05, 0.1) is 48.0 Å². The molecule has 16 nitrogen and oxygen atoms in total. The number of carbonyl (C=O) groups is 3. The second-order valence-corrected chi connectivity index (χ2v) is 26.5. The van der Waals surface area contributed by atoms with E-state index in [-0.39, 0.29) is 98.0 Å². The largest absolute Gasteiger partial charge is 0.482 e. The lowest BCUT2D eigenvalue weighted by atomic mass is 9.43. The van der Waals surface area contributed by atoms with Crippen LogP contribution in [0.5, 0.6) is 0 Å². The Bertz CT molecular complexity index is 2390. The third kappa shape index (κ3) is 13.9. The molecular weight excluding hydrogens is 1010 g/mol. The number of nitrogens with zero attached hydrogens (tertiary/aromatic N) is 3. The maximum atomic E-state index is 13.2. The van der Waals surface area contributed by atoms with Gasteiger partial charge in [-0.25, -0.2) is 24.2 Å². The molecule has 0 radical (unpaired) electrons. The van der Waals surface area contributed by atoms with Gasteiger partial charge in [-0.05, 0) is 165 Å². The molecule has 4 aliphatic heterocycles. The van der Waals surface area contributed by atoms with Crippen LogP contribution in [0.3, 0.4) is 0 Å². The van der Waals surface area contributed by atoms with E-state index < -0.39 is 18.3 Å². The molecule has 4 bridgehead atoms. The zero-order valence-corrected chi connectivity index (χ0v) is 48.8. The standard InChI is InChI=1S/C29H44BN3O5.C18H26BNO2.C11H18N2O3.CH4.ClH/c1-27(2,3)36-26(35)33-14-10-13-21(33)18-31-25(34)32-24(15-19-11-8-7-9-12-19)30-37-23-17-20-16-22(28(20,4)5)29(23,6)38-30;1-17(2)13-10-14(17)18(3)15(11-13)21-19(22-18)16(20)9-12-7-5-4-6-8-12;1-11(2,3)16-10(15)13-6-4-5-9(13)7-12-8-14;;/h7-9,11-12,20-24H,10,13-18H2,1-6H3,(H2,31,32,34);4-8,13-16H,9-11,20H2,1-3H3;9H,4-7H2,1-3H3;1H4;1H/t20-,21-,22-,23+,24-,29-;13-,14-,15+,16-,18-;9-;;/m000../s1. The van der Waals surface area contributed by atoms with Crippen molar-refractivity contribution in [1.82, 2.24) is 20.4 Å². The Labute approximate surface area is 473 Å². The summed E-state index contributed by atoms with van der Waals surface area (Å²) in [6.45, 7) is 27.0. The number of amides is 4. The summed E-state index contributed by atoms with van der Waals surface area (Å²) in [5.74, 6) is 2.05. The summed E-state index contributed by atoms with van der Waals surface area (Å²) in [6, 6.07) is 20.1. The van der Waals surface area contributed by atoms with E-state index in [1.807, 2.05) is 65.8 Å². The van der Waals surface area contributed by atoms with E-state index in [2.05, 4.69) is 93.6 Å².